The molecule has 0 saturated heterocycles. The van der Waals surface area contributed by atoms with Crippen LogP contribution in [0.1, 0.15) is 12.5 Å². The molecule has 0 unspecified atom stereocenters. The Kier molecular flexibility index (Phi) is 1.98. The van der Waals surface area contributed by atoms with Crippen LogP contribution in [0.15, 0.2) is 12.1 Å². The molecule has 0 atom stereocenters. The molecular formula is C10H9F2NO. The number of carbonyl (C=O) groups excluding carboxylic acids is 1. The quantitative estimate of drug-likeness (QED) is 0.621. The second kappa shape index (κ2) is 3.04. The second-order valence-corrected chi connectivity index (χ2v) is 3.28. The Morgan fingerprint density at radius 3 is 2.79 bits per heavy atom. The molecule has 1 aromatic rings. The van der Waals surface area contributed by atoms with Crippen LogP contribution in [0.2, 0.25) is 0 Å². The molecule has 74 valence electrons. The molecule has 1 aliphatic rings. The van der Waals surface area contributed by atoms with Crippen molar-refractivity contribution in [1.29, 1.82) is 0 Å². The molecule has 0 saturated carbocycles. The number of benzene rings is 1. The molecule has 0 radical (unpaired) electrons. The molecule has 0 aromatic heterocycles. The van der Waals surface area contributed by atoms with Crippen LogP contribution in [0.5, 0.6) is 0 Å². The number of hydrogen-bond donors (Lipinski definition) is 0. The highest BCUT2D eigenvalue weighted by Crippen LogP contribution is 2.31. The third-order valence-corrected chi connectivity index (χ3v) is 2.43. The molecule has 0 N–H and O–H groups in total. The molecule has 0 fully saturated rings. The van der Waals surface area contributed by atoms with Gasteiger partial charge in [0.05, 0.1) is 0 Å². The zero-order valence-electron chi connectivity index (χ0n) is 7.68. The summed E-state index contributed by atoms with van der Waals surface area (Å²) in [6.45, 7) is 1.85. The maximum atomic E-state index is 13.2. The van der Waals surface area contributed by atoms with Crippen molar-refractivity contribution < 1.29 is 13.6 Å². The van der Waals surface area contributed by atoms with Gasteiger partial charge in [-0.3, -0.25) is 4.79 Å². The molecule has 0 aliphatic carbocycles. The number of nitrogens with zero attached hydrogens (tertiary/aromatic N) is 1. The standard InChI is InChI=1S/C10H9F2NO/c1-6(14)13-5-4-7-9(13)3-2-8(11)10(7)12/h2-3H,4-5H2,1H3. The number of halogens is 2. The van der Waals surface area contributed by atoms with E-state index in [-0.39, 0.29) is 5.91 Å². The average molecular weight is 197 g/mol. The van der Waals surface area contributed by atoms with Crippen LogP contribution >= 0.6 is 0 Å². The van der Waals surface area contributed by atoms with Gasteiger partial charge in [0.2, 0.25) is 5.91 Å². The summed E-state index contributed by atoms with van der Waals surface area (Å²) in [5.41, 5.74) is 0.802. The first-order valence-corrected chi connectivity index (χ1v) is 4.36. The van der Waals surface area contributed by atoms with Crippen LogP contribution in [-0.2, 0) is 11.2 Å². The second-order valence-electron chi connectivity index (χ2n) is 3.28. The highest BCUT2D eigenvalue weighted by Gasteiger charge is 2.26. The fraction of sp³-hybridized carbons (Fsp3) is 0.300. The molecule has 2 nitrogen and oxygen atoms in total. The highest BCUT2D eigenvalue weighted by atomic mass is 19.2. The van der Waals surface area contributed by atoms with Crippen LogP contribution in [0.4, 0.5) is 14.5 Å². The van der Waals surface area contributed by atoms with Crippen LogP contribution in [0.3, 0.4) is 0 Å². The van der Waals surface area contributed by atoms with Gasteiger partial charge >= 0.3 is 0 Å². The number of fused-ring (bicyclic) bond motifs is 1. The first-order valence-electron chi connectivity index (χ1n) is 4.36. The predicted molar refractivity (Wildman–Crippen MR) is 48.1 cm³/mol. The van der Waals surface area contributed by atoms with E-state index in [0.717, 1.165) is 6.07 Å². The fourth-order valence-corrected chi connectivity index (χ4v) is 1.74. The summed E-state index contributed by atoms with van der Waals surface area (Å²) in [5.74, 6) is -1.82. The summed E-state index contributed by atoms with van der Waals surface area (Å²) in [6, 6.07) is 2.50. The van der Waals surface area contributed by atoms with Gasteiger partial charge in [0, 0.05) is 24.7 Å². The van der Waals surface area contributed by atoms with Crippen molar-refractivity contribution in [3.63, 3.8) is 0 Å². The van der Waals surface area contributed by atoms with Gasteiger partial charge in [-0.15, -0.1) is 0 Å². The maximum absolute atomic E-state index is 13.2. The SMILES string of the molecule is CC(=O)N1CCc2c1ccc(F)c2F. The third kappa shape index (κ3) is 1.18. The maximum Gasteiger partial charge on any atom is 0.223 e. The molecule has 1 aromatic carbocycles. The van der Waals surface area contributed by atoms with Gasteiger partial charge in [-0.2, -0.15) is 0 Å². The zero-order valence-corrected chi connectivity index (χ0v) is 7.68. The molecule has 14 heavy (non-hydrogen) atoms. The van der Waals surface area contributed by atoms with E-state index < -0.39 is 11.6 Å². The van der Waals surface area contributed by atoms with Crippen molar-refractivity contribution >= 4 is 11.6 Å². The van der Waals surface area contributed by atoms with Gasteiger partial charge in [-0.1, -0.05) is 0 Å². The highest BCUT2D eigenvalue weighted by molar-refractivity contribution is 5.93. The van der Waals surface area contributed by atoms with E-state index in [0.29, 0.717) is 24.2 Å². The summed E-state index contributed by atoms with van der Waals surface area (Å²) < 4.78 is 26.1. The number of amides is 1. The van der Waals surface area contributed by atoms with Crippen LogP contribution in [0.25, 0.3) is 0 Å². The molecule has 1 aliphatic heterocycles. The van der Waals surface area contributed by atoms with Crippen LogP contribution < -0.4 is 4.90 Å². The van der Waals surface area contributed by atoms with Crippen molar-refractivity contribution in [3.8, 4) is 0 Å². The molecule has 0 spiro atoms. The van der Waals surface area contributed by atoms with E-state index in [9.17, 15) is 13.6 Å². The summed E-state index contributed by atoms with van der Waals surface area (Å²) in [6.07, 6.45) is 0.387. The lowest BCUT2D eigenvalue weighted by atomic mass is 10.1. The number of carbonyl (C=O) groups is 1. The monoisotopic (exact) mass is 197 g/mol. The van der Waals surface area contributed by atoms with Crippen molar-refractivity contribution in [1.82, 2.24) is 0 Å². The predicted octanol–water partition coefficient (Wildman–Crippen LogP) is 1.87. The summed E-state index contributed by atoms with van der Waals surface area (Å²) in [5, 5.41) is 0. The summed E-state index contributed by atoms with van der Waals surface area (Å²) >= 11 is 0. The molecular weight excluding hydrogens is 188 g/mol. The Morgan fingerprint density at radius 2 is 2.14 bits per heavy atom. The van der Waals surface area contributed by atoms with Crippen molar-refractivity contribution in [2.24, 2.45) is 0 Å². The van der Waals surface area contributed by atoms with Gasteiger partial charge in [0.1, 0.15) is 0 Å². The Labute approximate surface area is 80.1 Å². The zero-order chi connectivity index (χ0) is 10.3. The van der Waals surface area contributed by atoms with Crippen molar-refractivity contribution in [2.75, 3.05) is 11.4 Å². The van der Waals surface area contributed by atoms with Crippen molar-refractivity contribution in [3.05, 3.63) is 29.3 Å². The third-order valence-electron chi connectivity index (χ3n) is 2.43. The van der Waals surface area contributed by atoms with E-state index in [1.165, 1.54) is 17.9 Å². The van der Waals surface area contributed by atoms with Crippen LogP contribution in [0, 0.1) is 11.6 Å². The molecule has 2 rings (SSSR count). The molecule has 4 heteroatoms. The minimum Gasteiger partial charge on any atom is -0.312 e. The Morgan fingerprint density at radius 1 is 1.43 bits per heavy atom. The topological polar surface area (TPSA) is 20.3 Å². The normalized spacial score (nSPS) is 14.4. The Bertz CT molecular complexity index is 403. The number of rotatable bonds is 0. The molecule has 0 bridgehead atoms. The van der Waals surface area contributed by atoms with Gasteiger partial charge < -0.3 is 4.90 Å². The van der Waals surface area contributed by atoms with E-state index in [1.807, 2.05) is 0 Å². The fourth-order valence-electron chi connectivity index (χ4n) is 1.74. The summed E-state index contributed by atoms with van der Waals surface area (Å²) in [7, 11) is 0. The largest absolute Gasteiger partial charge is 0.312 e. The van der Waals surface area contributed by atoms with Crippen molar-refractivity contribution in [2.45, 2.75) is 13.3 Å². The molecule has 1 amide bonds. The van der Waals surface area contributed by atoms with E-state index in [2.05, 4.69) is 0 Å². The van der Waals surface area contributed by atoms with E-state index >= 15 is 0 Å². The van der Waals surface area contributed by atoms with E-state index in [1.54, 1.807) is 0 Å². The lowest BCUT2D eigenvalue weighted by Gasteiger charge is -2.14. The first kappa shape index (κ1) is 9.12. The van der Waals surface area contributed by atoms with Gasteiger partial charge in [0.15, 0.2) is 11.6 Å². The number of hydrogen-bond acceptors (Lipinski definition) is 1. The number of anilines is 1. The van der Waals surface area contributed by atoms with Crippen LogP contribution in [-0.4, -0.2) is 12.5 Å². The van der Waals surface area contributed by atoms with Gasteiger partial charge in [-0.05, 0) is 18.6 Å². The molecule has 1 heterocycles. The minimum absolute atomic E-state index is 0.144. The Hall–Kier alpha value is -1.45. The Balaban J connectivity index is 2.53. The lowest BCUT2D eigenvalue weighted by molar-refractivity contribution is -0.116. The average Bonchev–Trinajstić information content (AvgIpc) is 2.55. The smallest absolute Gasteiger partial charge is 0.223 e. The first-order chi connectivity index (χ1) is 6.61. The summed E-state index contributed by atoms with van der Waals surface area (Å²) in [4.78, 5) is 12.6. The lowest BCUT2D eigenvalue weighted by Crippen LogP contribution is -2.25. The van der Waals surface area contributed by atoms with E-state index in [4.69, 9.17) is 0 Å². The van der Waals surface area contributed by atoms with Gasteiger partial charge in [0.25, 0.3) is 0 Å². The van der Waals surface area contributed by atoms with Gasteiger partial charge in [-0.25, -0.2) is 8.78 Å². The minimum atomic E-state index is -0.853.